The fraction of sp³-hybridized carbons (Fsp3) is 0.345. The topological polar surface area (TPSA) is 106 Å². The molecule has 5 rings (SSSR count). The molecule has 0 aliphatic carbocycles. The Morgan fingerprint density at radius 3 is 2.68 bits per heavy atom. The number of rotatable bonds is 9. The van der Waals surface area contributed by atoms with Gasteiger partial charge in [-0.05, 0) is 91.4 Å². The smallest absolute Gasteiger partial charge is 0.253 e. The van der Waals surface area contributed by atoms with E-state index in [9.17, 15) is 4.79 Å². The van der Waals surface area contributed by atoms with Crippen molar-refractivity contribution in [3.8, 4) is 0 Å². The number of fused-ring (bicyclic) bond motifs is 1. The summed E-state index contributed by atoms with van der Waals surface area (Å²) in [5, 5.41) is 14.0. The quantitative estimate of drug-likeness (QED) is 0.295. The van der Waals surface area contributed by atoms with Gasteiger partial charge in [-0.2, -0.15) is 0 Å². The summed E-state index contributed by atoms with van der Waals surface area (Å²) in [5.41, 5.74) is 4.03. The summed E-state index contributed by atoms with van der Waals surface area (Å²) in [4.78, 5) is 23.4. The molecular formula is C29H33N7O2. The molecule has 4 aromatic heterocycles. The van der Waals surface area contributed by atoms with E-state index in [1.807, 2.05) is 48.1 Å². The van der Waals surface area contributed by atoms with Gasteiger partial charge in [-0.1, -0.05) is 24.6 Å². The molecule has 0 saturated heterocycles. The fourth-order valence-electron chi connectivity index (χ4n) is 4.92. The lowest BCUT2D eigenvalue weighted by Crippen LogP contribution is -2.38. The Bertz CT molecular complexity index is 1590. The monoisotopic (exact) mass is 511 g/mol. The van der Waals surface area contributed by atoms with Crippen LogP contribution in [0.4, 0.5) is 0 Å². The van der Waals surface area contributed by atoms with Gasteiger partial charge in [-0.25, -0.2) is 4.68 Å². The van der Waals surface area contributed by atoms with Gasteiger partial charge in [0.15, 0.2) is 5.82 Å². The third-order valence-electron chi connectivity index (χ3n) is 7.21. The Balaban J connectivity index is 1.75. The molecule has 5 aromatic rings. The van der Waals surface area contributed by atoms with Crippen molar-refractivity contribution in [2.45, 2.75) is 65.7 Å². The normalized spacial score (nSPS) is 12.9. The van der Waals surface area contributed by atoms with Crippen molar-refractivity contribution in [3.63, 3.8) is 0 Å². The molecule has 0 bridgehead atoms. The van der Waals surface area contributed by atoms with Crippen molar-refractivity contribution >= 4 is 10.9 Å². The van der Waals surface area contributed by atoms with Crippen LogP contribution in [0, 0.1) is 13.8 Å². The van der Waals surface area contributed by atoms with Gasteiger partial charge >= 0.3 is 0 Å². The predicted molar refractivity (Wildman–Crippen MR) is 146 cm³/mol. The number of H-pyrrole nitrogens is 1. The second kappa shape index (κ2) is 10.3. The molecule has 0 saturated carbocycles. The maximum Gasteiger partial charge on any atom is 0.253 e. The average molecular weight is 512 g/mol. The van der Waals surface area contributed by atoms with Crippen LogP contribution in [0.25, 0.3) is 10.9 Å². The number of hydrogen-bond donors (Lipinski definition) is 1. The molecule has 1 N–H and O–H groups in total. The number of aromatic amines is 1. The Labute approximate surface area is 221 Å². The van der Waals surface area contributed by atoms with Crippen molar-refractivity contribution in [1.82, 2.24) is 35.1 Å². The van der Waals surface area contributed by atoms with Crippen LogP contribution < -0.4 is 5.56 Å². The van der Waals surface area contributed by atoms with E-state index in [-0.39, 0.29) is 11.1 Å². The number of nitrogens with one attached hydrogen (secondary N) is 1. The highest BCUT2D eigenvalue weighted by Crippen LogP contribution is 2.33. The second-order valence-electron chi connectivity index (χ2n) is 10.5. The average Bonchev–Trinajstić information content (AvgIpc) is 3.59. The van der Waals surface area contributed by atoms with Crippen molar-refractivity contribution in [1.29, 1.82) is 0 Å². The Kier molecular flexibility index (Phi) is 6.94. The van der Waals surface area contributed by atoms with Crippen LogP contribution >= 0.6 is 0 Å². The number of aryl methyl sites for hydroxylation is 2. The zero-order chi connectivity index (χ0) is 26.9. The number of aromatic nitrogens is 6. The molecule has 0 spiro atoms. The standard InChI is InChI=1S/C29H33N7O2/c1-6-29(4,5)36-27(32-33-34-36)26(24-15-22-14-19(2)13-20(3)25(22)31-28(24)37)35(18-23-10-8-12-38-23)17-21-9-7-11-30-16-21/h7-16,26H,6,17-18H2,1-5H3,(H,31,37)/t26-/m0/s1. The first-order valence-corrected chi connectivity index (χ1v) is 12.8. The summed E-state index contributed by atoms with van der Waals surface area (Å²) in [6, 6.07) is 13.3. The number of tetrazole rings is 1. The summed E-state index contributed by atoms with van der Waals surface area (Å²) < 4.78 is 7.60. The summed E-state index contributed by atoms with van der Waals surface area (Å²) in [5.74, 6) is 1.37. The molecule has 1 aromatic carbocycles. The molecule has 9 nitrogen and oxygen atoms in total. The molecule has 1 atom stereocenters. The molecule has 0 aliphatic rings. The number of benzene rings is 1. The summed E-state index contributed by atoms with van der Waals surface area (Å²) in [7, 11) is 0. The molecule has 4 heterocycles. The van der Waals surface area contributed by atoms with Gasteiger partial charge in [0, 0.05) is 24.5 Å². The van der Waals surface area contributed by atoms with E-state index in [0.717, 1.165) is 39.8 Å². The predicted octanol–water partition coefficient (Wildman–Crippen LogP) is 5.06. The lowest BCUT2D eigenvalue weighted by molar-refractivity contribution is 0.168. The van der Waals surface area contributed by atoms with Gasteiger partial charge in [0.25, 0.3) is 5.56 Å². The van der Waals surface area contributed by atoms with Gasteiger partial charge in [-0.15, -0.1) is 5.10 Å². The molecule has 0 radical (unpaired) electrons. The van der Waals surface area contributed by atoms with Gasteiger partial charge < -0.3 is 9.40 Å². The minimum atomic E-state index is -0.560. The first-order valence-electron chi connectivity index (χ1n) is 12.8. The SMILES string of the molecule is CCC(C)(C)n1nnnc1[C@H](c1cc2cc(C)cc(C)c2[nH]c1=O)N(Cc1cccnc1)Cc1ccco1. The third-order valence-corrected chi connectivity index (χ3v) is 7.21. The van der Waals surface area contributed by atoms with Gasteiger partial charge in [-0.3, -0.25) is 14.7 Å². The zero-order valence-corrected chi connectivity index (χ0v) is 22.5. The van der Waals surface area contributed by atoms with E-state index >= 15 is 0 Å². The van der Waals surface area contributed by atoms with Crippen molar-refractivity contribution in [2.24, 2.45) is 0 Å². The molecule has 38 heavy (non-hydrogen) atoms. The van der Waals surface area contributed by atoms with Gasteiger partial charge in [0.1, 0.15) is 11.8 Å². The minimum absolute atomic E-state index is 0.172. The molecule has 0 aliphatic heterocycles. The van der Waals surface area contributed by atoms with Crippen LogP contribution in [0.1, 0.15) is 67.1 Å². The van der Waals surface area contributed by atoms with E-state index in [4.69, 9.17) is 4.42 Å². The van der Waals surface area contributed by atoms with Gasteiger partial charge in [0.2, 0.25) is 0 Å². The number of furan rings is 1. The van der Waals surface area contributed by atoms with Crippen molar-refractivity contribution in [2.75, 3.05) is 0 Å². The number of pyridine rings is 2. The molecule has 0 fully saturated rings. The van der Waals surface area contributed by atoms with E-state index in [1.165, 1.54) is 0 Å². The zero-order valence-electron chi connectivity index (χ0n) is 22.5. The summed E-state index contributed by atoms with van der Waals surface area (Å²) in [6.07, 6.45) is 6.06. The van der Waals surface area contributed by atoms with Crippen LogP contribution in [0.15, 0.2) is 70.3 Å². The highest BCUT2D eigenvalue weighted by Gasteiger charge is 2.35. The molecule has 9 heteroatoms. The number of hydrogen-bond acceptors (Lipinski definition) is 7. The minimum Gasteiger partial charge on any atom is -0.468 e. The van der Waals surface area contributed by atoms with E-state index < -0.39 is 6.04 Å². The third kappa shape index (κ3) is 5.02. The summed E-state index contributed by atoms with van der Waals surface area (Å²) in [6.45, 7) is 11.3. The Morgan fingerprint density at radius 2 is 1.97 bits per heavy atom. The second-order valence-corrected chi connectivity index (χ2v) is 10.5. The largest absolute Gasteiger partial charge is 0.468 e. The van der Waals surface area contributed by atoms with Crippen LogP contribution in [-0.4, -0.2) is 35.1 Å². The lowest BCUT2D eigenvalue weighted by Gasteiger charge is -2.33. The number of nitrogens with zero attached hydrogens (tertiary/aromatic N) is 6. The first kappa shape index (κ1) is 25.5. The molecule has 196 valence electrons. The summed E-state index contributed by atoms with van der Waals surface area (Å²) >= 11 is 0. The highest BCUT2D eigenvalue weighted by molar-refractivity contribution is 5.83. The van der Waals surface area contributed by atoms with Gasteiger partial charge in [0.05, 0.1) is 23.9 Å². The van der Waals surface area contributed by atoms with Crippen LogP contribution in [0.3, 0.4) is 0 Å². The van der Waals surface area contributed by atoms with E-state index in [2.05, 4.69) is 70.2 Å². The lowest BCUT2D eigenvalue weighted by atomic mass is 9.98. The van der Waals surface area contributed by atoms with Crippen molar-refractivity contribution in [3.05, 3.63) is 105 Å². The maximum absolute atomic E-state index is 13.8. The van der Waals surface area contributed by atoms with Crippen molar-refractivity contribution < 1.29 is 4.42 Å². The first-order chi connectivity index (χ1) is 18.3. The van der Waals surface area contributed by atoms with E-state index in [1.54, 1.807) is 12.5 Å². The Hall–Kier alpha value is -4.11. The van der Waals surface area contributed by atoms with E-state index in [0.29, 0.717) is 24.5 Å². The highest BCUT2D eigenvalue weighted by atomic mass is 16.3. The fourth-order valence-corrected chi connectivity index (χ4v) is 4.92. The molecular weight excluding hydrogens is 478 g/mol. The van der Waals surface area contributed by atoms with Crippen LogP contribution in [0.2, 0.25) is 0 Å². The molecule has 0 unspecified atom stereocenters. The molecule has 0 amide bonds. The van der Waals surface area contributed by atoms with Crippen LogP contribution in [-0.2, 0) is 18.6 Å². The maximum atomic E-state index is 13.8. The van der Waals surface area contributed by atoms with Crippen LogP contribution in [0.5, 0.6) is 0 Å². The Morgan fingerprint density at radius 1 is 1.13 bits per heavy atom.